The number of hydrogen-bond donors (Lipinski definition) is 1. The largest absolute Gasteiger partial charge is 0.511 e. The van der Waals surface area contributed by atoms with Crippen molar-refractivity contribution in [2.45, 2.75) is 0 Å². The van der Waals surface area contributed by atoms with Crippen LogP contribution in [0.3, 0.4) is 0 Å². The summed E-state index contributed by atoms with van der Waals surface area (Å²) in [6.45, 7) is 0. The van der Waals surface area contributed by atoms with Crippen LogP contribution in [0.5, 0.6) is 5.75 Å². The van der Waals surface area contributed by atoms with E-state index in [0.29, 0.717) is 0 Å². The van der Waals surface area contributed by atoms with Crippen molar-refractivity contribution in [1.82, 2.24) is 4.98 Å². The zero-order valence-corrected chi connectivity index (χ0v) is 7.13. The molecule has 0 aliphatic carbocycles. The first-order valence-electron chi connectivity index (χ1n) is 2.82. The quantitative estimate of drug-likeness (QED) is 0.568. The normalized spacial score (nSPS) is 9.50. The van der Waals surface area contributed by atoms with Crippen LogP contribution in [0.25, 0.3) is 0 Å². The van der Waals surface area contributed by atoms with Gasteiger partial charge < -0.3 is 9.84 Å². The molecule has 64 valence electrons. The molecule has 0 radical (unpaired) electrons. The Morgan fingerprint density at radius 1 is 1.42 bits per heavy atom. The predicted octanol–water partition coefficient (Wildman–Crippen LogP) is 2.45. The van der Waals surface area contributed by atoms with E-state index in [1.165, 1.54) is 12.1 Å². The van der Waals surface area contributed by atoms with Gasteiger partial charge in [0.15, 0.2) is 0 Å². The highest BCUT2D eigenvalue weighted by Gasteiger charge is 2.03. The van der Waals surface area contributed by atoms with Crippen LogP contribution in [0.15, 0.2) is 12.1 Å². The van der Waals surface area contributed by atoms with E-state index in [-0.39, 0.29) is 16.1 Å². The van der Waals surface area contributed by atoms with Crippen LogP contribution in [0.4, 0.5) is 4.79 Å². The van der Waals surface area contributed by atoms with E-state index >= 15 is 0 Å². The number of aromatic nitrogens is 1. The molecular weight excluding hydrogens is 205 g/mol. The first-order chi connectivity index (χ1) is 5.58. The lowest BCUT2D eigenvalue weighted by atomic mass is 10.4. The lowest BCUT2D eigenvalue weighted by Gasteiger charge is -1.99. The molecule has 0 spiro atoms. The van der Waals surface area contributed by atoms with Gasteiger partial charge in [-0.1, -0.05) is 23.2 Å². The summed E-state index contributed by atoms with van der Waals surface area (Å²) in [6.07, 6.45) is -1.42. The van der Waals surface area contributed by atoms with Crippen molar-refractivity contribution in [2.75, 3.05) is 0 Å². The lowest BCUT2D eigenvalue weighted by molar-refractivity contribution is 0.144. The van der Waals surface area contributed by atoms with Crippen molar-refractivity contribution in [3.8, 4) is 5.75 Å². The van der Waals surface area contributed by atoms with Crippen molar-refractivity contribution in [3.05, 3.63) is 22.4 Å². The molecule has 1 aromatic rings. The third-order valence-corrected chi connectivity index (χ3v) is 1.33. The van der Waals surface area contributed by atoms with E-state index < -0.39 is 6.16 Å². The van der Waals surface area contributed by atoms with Crippen LogP contribution in [-0.2, 0) is 0 Å². The van der Waals surface area contributed by atoms with Crippen molar-refractivity contribution >= 4 is 29.4 Å². The number of pyridine rings is 1. The van der Waals surface area contributed by atoms with E-state index in [0.717, 1.165) is 0 Å². The van der Waals surface area contributed by atoms with Gasteiger partial charge in [0.05, 0.1) is 0 Å². The molecule has 4 nitrogen and oxygen atoms in total. The second-order valence-corrected chi connectivity index (χ2v) is 2.59. The number of ether oxygens (including phenoxy) is 1. The molecule has 0 saturated heterocycles. The maximum Gasteiger partial charge on any atom is 0.511 e. The van der Waals surface area contributed by atoms with E-state index in [4.69, 9.17) is 28.3 Å². The Morgan fingerprint density at radius 2 is 1.92 bits per heavy atom. The molecule has 1 rings (SSSR count). The number of hydrogen-bond acceptors (Lipinski definition) is 3. The first-order valence-corrected chi connectivity index (χ1v) is 3.57. The van der Waals surface area contributed by atoms with Gasteiger partial charge in [-0.05, 0) is 0 Å². The molecule has 0 amide bonds. The van der Waals surface area contributed by atoms with Gasteiger partial charge in [0.1, 0.15) is 16.1 Å². The van der Waals surface area contributed by atoms with Crippen LogP contribution >= 0.6 is 23.2 Å². The number of nitrogens with zero attached hydrogens (tertiary/aromatic N) is 1. The lowest BCUT2D eigenvalue weighted by Crippen LogP contribution is -2.02. The van der Waals surface area contributed by atoms with Gasteiger partial charge in [-0.25, -0.2) is 9.78 Å². The summed E-state index contributed by atoms with van der Waals surface area (Å²) < 4.78 is 4.28. The first kappa shape index (κ1) is 9.09. The van der Waals surface area contributed by atoms with Gasteiger partial charge in [-0.2, -0.15) is 0 Å². The van der Waals surface area contributed by atoms with Gasteiger partial charge in [0, 0.05) is 12.1 Å². The molecule has 6 heteroatoms. The van der Waals surface area contributed by atoms with Crippen LogP contribution in [0.2, 0.25) is 10.3 Å². The van der Waals surface area contributed by atoms with Crippen molar-refractivity contribution in [1.29, 1.82) is 0 Å². The van der Waals surface area contributed by atoms with Crippen molar-refractivity contribution < 1.29 is 14.6 Å². The number of carbonyl (C=O) groups is 1. The van der Waals surface area contributed by atoms with Crippen LogP contribution in [0.1, 0.15) is 0 Å². The minimum atomic E-state index is -1.42. The maximum atomic E-state index is 10.1. The Bertz CT molecular complexity index is 295. The van der Waals surface area contributed by atoms with Crippen molar-refractivity contribution in [3.63, 3.8) is 0 Å². The third-order valence-electron chi connectivity index (χ3n) is 0.942. The van der Waals surface area contributed by atoms with Gasteiger partial charge in [0.25, 0.3) is 0 Å². The zero-order chi connectivity index (χ0) is 9.14. The predicted molar refractivity (Wildman–Crippen MR) is 42.9 cm³/mol. The molecule has 0 aliphatic rings. The van der Waals surface area contributed by atoms with Crippen LogP contribution in [0, 0.1) is 0 Å². The maximum absolute atomic E-state index is 10.1. The molecule has 0 saturated carbocycles. The average Bonchev–Trinajstić information content (AvgIpc) is 1.81. The number of halogens is 2. The third kappa shape index (κ3) is 2.56. The molecule has 12 heavy (non-hydrogen) atoms. The van der Waals surface area contributed by atoms with Gasteiger partial charge in [0.2, 0.25) is 0 Å². The van der Waals surface area contributed by atoms with Gasteiger partial charge >= 0.3 is 6.16 Å². The molecule has 0 bridgehead atoms. The zero-order valence-electron chi connectivity index (χ0n) is 5.62. The summed E-state index contributed by atoms with van der Waals surface area (Å²) in [4.78, 5) is 13.7. The fourth-order valence-corrected chi connectivity index (χ4v) is 1.04. The second-order valence-electron chi connectivity index (χ2n) is 1.82. The van der Waals surface area contributed by atoms with Gasteiger partial charge in [-0.15, -0.1) is 0 Å². The highest BCUT2D eigenvalue weighted by atomic mass is 35.5. The average molecular weight is 208 g/mol. The molecule has 0 fully saturated rings. The van der Waals surface area contributed by atoms with E-state index in [2.05, 4.69) is 9.72 Å². The smallest absolute Gasteiger partial charge is 0.449 e. The fraction of sp³-hybridized carbons (Fsp3) is 0. The summed E-state index contributed by atoms with van der Waals surface area (Å²) in [5.41, 5.74) is 0. The fourth-order valence-electron chi connectivity index (χ4n) is 0.603. The SMILES string of the molecule is O=C(O)Oc1cc(Cl)nc(Cl)c1. The number of rotatable bonds is 1. The molecule has 1 N–H and O–H groups in total. The summed E-state index contributed by atoms with van der Waals surface area (Å²) in [7, 11) is 0. The standard InChI is InChI=1S/C6H3Cl2NO3/c7-4-1-3(12-6(10)11)2-5(8)9-4/h1-2H,(H,10,11). The molecule has 0 aromatic carbocycles. The molecule has 0 aliphatic heterocycles. The monoisotopic (exact) mass is 207 g/mol. The molecule has 1 aromatic heterocycles. The topological polar surface area (TPSA) is 59.4 Å². The Morgan fingerprint density at radius 3 is 2.33 bits per heavy atom. The Balaban J connectivity index is 2.93. The summed E-state index contributed by atoms with van der Waals surface area (Å²) in [5, 5.41) is 8.38. The molecular formula is C6H3Cl2NO3. The molecule has 1 heterocycles. The van der Waals surface area contributed by atoms with Crippen LogP contribution < -0.4 is 4.74 Å². The minimum Gasteiger partial charge on any atom is -0.449 e. The van der Waals surface area contributed by atoms with E-state index in [9.17, 15) is 4.79 Å². The summed E-state index contributed by atoms with van der Waals surface area (Å²) in [5.74, 6) is 0.0486. The number of carboxylic acid groups (broad SMARTS) is 1. The summed E-state index contributed by atoms with van der Waals surface area (Å²) in [6, 6.07) is 2.50. The van der Waals surface area contributed by atoms with Crippen molar-refractivity contribution in [2.24, 2.45) is 0 Å². The Hall–Kier alpha value is -1.00. The molecule has 0 unspecified atom stereocenters. The van der Waals surface area contributed by atoms with Crippen LogP contribution in [-0.4, -0.2) is 16.2 Å². The highest BCUT2D eigenvalue weighted by molar-refractivity contribution is 6.32. The minimum absolute atomic E-state index is 0.0486. The Kier molecular flexibility index (Phi) is 2.73. The highest BCUT2D eigenvalue weighted by Crippen LogP contribution is 2.20. The second kappa shape index (κ2) is 3.60. The molecule has 0 atom stereocenters. The van der Waals surface area contributed by atoms with E-state index in [1.807, 2.05) is 0 Å². The summed E-state index contributed by atoms with van der Waals surface area (Å²) >= 11 is 10.9. The van der Waals surface area contributed by atoms with E-state index in [1.54, 1.807) is 0 Å². The van der Waals surface area contributed by atoms with Gasteiger partial charge in [-0.3, -0.25) is 0 Å². The Labute approximate surface area is 77.7 Å².